The number of hydrazone groups is 1. The van der Waals surface area contributed by atoms with Crippen molar-refractivity contribution < 1.29 is 14.3 Å². The first kappa shape index (κ1) is 17.2. The number of aromatic nitrogens is 2. The zero-order valence-electron chi connectivity index (χ0n) is 14.4. The SMILES string of the molecule is COc1ccc(-c2cc(C(=O)N/N=C\c3ccccc3OC)[nH]n2)cc1. The lowest BCUT2D eigenvalue weighted by atomic mass is 10.1. The molecule has 7 heteroatoms. The molecule has 132 valence electrons. The number of amides is 1. The zero-order chi connectivity index (χ0) is 18.4. The molecule has 0 bridgehead atoms. The summed E-state index contributed by atoms with van der Waals surface area (Å²) in [5.74, 6) is 1.05. The Balaban J connectivity index is 1.67. The molecule has 0 radical (unpaired) electrons. The van der Waals surface area contributed by atoms with E-state index in [2.05, 4.69) is 20.7 Å². The van der Waals surface area contributed by atoms with Gasteiger partial charge in [-0.15, -0.1) is 0 Å². The third kappa shape index (κ3) is 3.89. The number of rotatable bonds is 6. The third-order valence-electron chi connectivity index (χ3n) is 3.72. The van der Waals surface area contributed by atoms with Gasteiger partial charge in [-0.2, -0.15) is 10.2 Å². The number of ether oxygens (including phenoxy) is 2. The maximum Gasteiger partial charge on any atom is 0.289 e. The van der Waals surface area contributed by atoms with Crippen LogP contribution in [-0.2, 0) is 0 Å². The molecule has 26 heavy (non-hydrogen) atoms. The normalized spacial score (nSPS) is 10.7. The number of hydrogen-bond donors (Lipinski definition) is 2. The van der Waals surface area contributed by atoms with E-state index >= 15 is 0 Å². The minimum atomic E-state index is -0.386. The van der Waals surface area contributed by atoms with Crippen molar-refractivity contribution in [2.45, 2.75) is 0 Å². The van der Waals surface area contributed by atoms with E-state index in [0.717, 1.165) is 16.9 Å². The van der Waals surface area contributed by atoms with Crippen molar-refractivity contribution in [1.82, 2.24) is 15.6 Å². The van der Waals surface area contributed by atoms with Gasteiger partial charge in [0.15, 0.2) is 0 Å². The summed E-state index contributed by atoms with van der Waals surface area (Å²) < 4.78 is 10.4. The number of nitrogens with zero attached hydrogens (tertiary/aromatic N) is 2. The highest BCUT2D eigenvalue weighted by molar-refractivity contribution is 5.94. The van der Waals surface area contributed by atoms with Gasteiger partial charge in [-0.05, 0) is 42.5 Å². The molecule has 0 aliphatic rings. The van der Waals surface area contributed by atoms with Crippen molar-refractivity contribution in [3.8, 4) is 22.8 Å². The minimum absolute atomic E-state index is 0.313. The molecule has 0 saturated carbocycles. The molecular formula is C19H18N4O3. The Labute approximate surface area is 150 Å². The van der Waals surface area contributed by atoms with Gasteiger partial charge in [-0.3, -0.25) is 9.89 Å². The summed E-state index contributed by atoms with van der Waals surface area (Å²) in [5, 5.41) is 10.8. The van der Waals surface area contributed by atoms with Gasteiger partial charge in [0.25, 0.3) is 5.91 Å². The summed E-state index contributed by atoms with van der Waals surface area (Å²) in [4.78, 5) is 12.2. The van der Waals surface area contributed by atoms with E-state index in [1.807, 2.05) is 48.5 Å². The van der Waals surface area contributed by atoms with Crippen LogP contribution in [0, 0.1) is 0 Å². The summed E-state index contributed by atoms with van der Waals surface area (Å²) in [7, 11) is 3.19. The molecule has 0 atom stereocenters. The van der Waals surface area contributed by atoms with Crippen molar-refractivity contribution in [2.75, 3.05) is 14.2 Å². The summed E-state index contributed by atoms with van der Waals surface area (Å²) in [6.07, 6.45) is 1.53. The van der Waals surface area contributed by atoms with E-state index in [-0.39, 0.29) is 5.91 Å². The predicted molar refractivity (Wildman–Crippen MR) is 98.6 cm³/mol. The van der Waals surface area contributed by atoms with Crippen LogP contribution < -0.4 is 14.9 Å². The van der Waals surface area contributed by atoms with Gasteiger partial charge in [0.2, 0.25) is 0 Å². The van der Waals surface area contributed by atoms with E-state index in [1.165, 1.54) is 6.21 Å². The van der Waals surface area contributed by atoms with Gasteiger partial charge >= 0.3 is 0 Å². The molecule has 0 spiro atoms. The van der Waals surface area contributed by atoms with Gasteiger partial charge in [0, 0.05) is 11.1 Å². The molecule has 0 aliphatic carbocycles. The Morgan fingerprint density at radius 3 is 2.62 bits per heavy atom. The first-order valence-electron chi connectivity index (χ1n) is 7.87. The molecule has 1 heterocycles. The average molecular weight is 350 g/mol. The Morgan fingerprint density at radius 2 is 1.88 bits per heavy atom. The van der Waals surface area contributed by atoms with Crippen LogP contribution in [0.3, 0.4) is 0 Å². The van der Waals surface area contributed by atoms with Crippen molar-refractivity contribution in [2.24, 2.45) is 5.10 Å². The average Bonchev–Trinajstić information content (AvgIpc) is 3.18. The molecule has 2 N–H and O–H groups in total. The van der Waals surface area contributed by atoms with Crippen LogP contribution in [0.4, 0.5) is 0 Å². The van der Waals surface area contributed by atoms with Crippen molar-refractivity contribution in [1.29, 1.82) is 0 Å². The molecule has 1 aromatic heterocycles. The topological polar surface area (TPSA) is 88.6 Å². The number of nitrogens with one attached hydrogen (secondary N) is 2. The van der Waals surface area contributed by atoms with Crippen molar-refractivity contribution >= 4 is 12.1 Å². The van der Waals surface area contributed by atoms with E-state index in [4.69, 9.17) is 9.47 Å². The molecule has 3 rings (SSSR count). The van der Waals surface area contributed by atoms with Crippen LogP contribution in [-0.4, -0.2) is 36.5 Å². The van der Waals surface area contributed by atoms with Gasteiger partial charge < -0.3 is 9.47 Å². The first-order chi connectivity index (χ1) is 12.7. The summed E-state index contributed by atoms with van der Waals surface area (Å²) >= 11 is 0. The molecule has 0 unspecified atom stereocenters. The van der Waals surface area contributed by atoms with E-state index < -0.39 is 0 Å². The highest BCUT2D eigenvalue weighted by Gasteiger charge is 2.10. The Bertz CT molecular complexity index is 917. The first-order valence-corrected chi connectivity index (χ1v) is 7.87. The number of carbonyl (C=O) groups excluding carboxylic acids is 1. The lowest BCUT2D eigenvalue weighted by molar-refractivity contribution is 0.0950. The third-order valence-corrected chi connectivity index (χ3v) is 3.72. The number of H-pyrrole nitrogens is 1. The Morgan fingerprint density at radius 1 is 1.12 bits per heavy atom. The smallest absolute Gasteiger partial charge is 0.289 e. The number of benzene rings is 2. The maximum atomic E-state index is 12.2. The van der Waals surface area contributed by atoms with Crippen LogP contribution in [0.5, 0.6) is 11.5 Å². The van der Waals surface area contributed by atoms with Crippen LogP contribution >= 0.6 is 0 Å². The van der Waals surface area contributed by atoms with Gasteiger partial charge in [-0.1, -0.05) is 12.1 Å². The number of para-hydroxylation sites is 1. The highest BCUT2D eigenvalue weighted by Crippen LogP contribution is 2.21. The molecule has 2 aromatic carbocycles. The molecule has 0 saturated heterocycles. The van der Waals surface area contributed by atoms with E-state index in [9.17, 15) is 4.79 Å². The second kappa shape index (κ2) is 7.98. The maximum absolute atomic E-state index is 12.2. The van der Waals surface area contributed by atoms with Crippen LogP contribution in [0.25, 0.3) is 11.3 Å². The molecule has 7 nitrogen and oxygen atoms in total. The zero-order valence-corrected chi connectivity index (χ0v) is 14.4. The highest BCUT2D eigenvalue weighted by atomic mass is 16.5. The summed E-state index contributed by atoms with van der Waals surface area (Å²) in [6, 6.07) is 16.5. The fourth-order valence-electron chi connectivity index (χ4n) is 2.34. The van der Waals surface area contributed by atoms with Crippen LogP contribution in [0.2, 0.25) is 0 Å². The second-order valence-corrected chi connectivity index (χ2v) is 5.34. The number of carbonyl (C=O) groups is 1. The molecule has 1 amide bonds. The number of hydrogen-bond acceptors (Lipinski definition) is 5. The van der Waals surface area contributed by atoms with E-state index in [0.29, 0.717) is 17.1 Å². The molecule has 0 fully saturated rings. The number of methoxy groups -OCH3 is 2. The minimum Gasteiger partial charge on any atom is -0.497 e. The van der Waals surface area contributed by atoms with Crippen molar-refractivity contribution in [3.05, 3.63) is 65.9 Å². The lowest BCUT2D eigenvalue weighted by Crippen LogP contribution is -2.18. The van der Waals surface area contributed by atoms with Crippen LogP contribution in [0.15, 0.2) is 59.7 Å². The quantitative estimate of drug-likeness (QED) is 0.528. The monoisotopic (exact) mass is 350 g/mol. The van der Waals surface area contributed by atoms with E-state index in [1.54, 1.807) is 20.3 Å². The van der Waals surface area contributed by atoms with Crippen molar-refractivity contribution in [3.63, 3.8) is 0 Å². The largest absolute Gasteiger partial charge is 0.497 e. The Kier molecular flexibility index (Phi) is 5.28. The fourth-order valence-corrected chi connectivity index (χ4v) is 2.34. The van der Waals surface area contributed by atoms with Gasteiger partial charge in [-0.25, -0.2) is 5.43 Å². The van der Waals surface area contributed by atoms with Crippen LogP contribution in [0.1, 0.15) is 16.1 Å². The van der Waals surface area contributed by atoms with Gasteiger partial charge in [0.05, 0.1) is 26.1 Å². The lowest BCUT2D eigenvalue weighted by Gasteiger charge is -2.02. The second-order valence-electron chi connectivity index (χ2n) is 5.34. The van der Waals surface area contributed by atoms with Gasteiger partial charge in [0.1, 0.15) is 17.2 Å². The molecular weight excluding hydrogens is 332 g/mol. The molecule has 3 aromatic rings. The number of aromatic amines is 1. The summed E-state index contributed by atoms with van der Waals surface area (Å²) in [5.41, 5.74) is 5.07. The Hall–Kier alpha value is -3.61. The standard InChI is InChI=1S/C19H18N4O3/c1-25-15-9-7-13(8-10-15)16-11-17(22-21-16)19(24)23-20-12-14-5-3-4-6-18(14)26-2/h3-12H,1-2H3,(H,21,22)(H,23,24)/b20-12-. The molecule has 0 aliphatic heterocycles. The fraction of sp³-hybridized carbons (Fsp3) is 0.105. The summed E-state index contributed by atoms with van der Waals surface area (Å²) in [6.45, 7) is 0. The predicted octanol–water partition coefficient (Wildman–Crippen LogP) is 2.86.